The number of rotatable bonds is 5. The molecule has 1 aliphatic rings. The molecule has 6 nitrogen and oxygen atoms in total. The molecule has 0 saturated carbocycles. The first-order valence-corrected chi connectivity index (χ1v) is 8.45. The molecule has 1 saturated heterocycles. The van der Waals surface area contributed by atoms with Gasteiger partial charge >= 0.3 is 0 Å². The van der Waals surface area contributed by atoms with E-state index in [1.807, 2.05) is 6.07 Å². The predicted molar refractivity (Wildman–Crippen MR) is 94.2 cm³/mol. The first kappa shape index (κ1) is 15.9. The number of hydrogen-bond donors (Lipinski definition) is 2. The van der Waals surface area contributed by atoms with Crippen molar-refractivity contribution in [3.63, 3.8) is 0 Å². The Morgan fingerprint density at radius 1 is 1.22 bits per heavy atom. The molecule has 0 aromatic carbocycles. The Hall–Kier alpha value is -1.95. The lowest BCUT2D eigenvalue weighted by Crippen LogP contribution is -2.39. The number of nitrogens with two attached hydrogens (primary N) is 1. The summed E-state index contributed by atoms with van der Waals surface area (Å²) in [5.74, 6) is 2.95. The molecule has 23 heavy (non-hydrogen) atoms. The minimum Gasteiger partial charge on any atom is -0.384 e. The summed E-state index contributed by atoms with van der Waals surface area (Å²) in [5, 5.41) is 4.33. The molecule has 3 rings (SSSR count). The van der Waals surface area contributed by atoms with Crippen LogP contribution in [0.2, 0.25) is 0 Å². The maximum atomic E-state index is 5.70. The highest BCUT2D eigenvalue weighted by Crippen LogP contribution is 2.21. The molecule has 2 unspecified atom stereocenters. The van der Waals surface area contributed by atoms with Crippen LogP contribution in [-0.2, 0) is 0 Å². The van der Waals surface area contributed by atoms with Gasteiger partial charge in [-0.1, -0.05) is 13.8 Å². The predicted octanol–water partition coefficient (Wildman–Crippen LogP) is 2.39. The van der Waals surface area contributed by atoms with Crippen LogP contribution < -0.4 is 11.1 Å². The Morgan fingerprint density at radius 2 is 2.00 bits per heavy atom. The number of nitrogens with one attached hydrogen (secondary N) is 1. The normalized spacial score (nSPS) is 22.3. The SMILES string of the molecule is CC1CC(C)CN(CCCNc2ncnc3nc(N)ccc23)C1. The van der Waals surface area contributed by atoms with Gasteiger partial charge in [0.15, 0.2) is 5.65 Å². The molecule has 6 heteroatoms. The second-order valence-corrected chi connectivity index (χ2v) is 6.82. The molecule has 1 aliphatic heterocycles. The number of hydrogen-bond acceptors (Lipinski definition) is 6. The summed E-state index contributed by atoms with van der Waals surface area (Å²) in [6, 6.07) is 3.71. The summed E-state index contributed by atoms with van der Waals surface area (Å²) in [4.78, 5) is 15.3. The van der Waals surface area contributed by atoms with E-state index in [0.29, 0.717) is 11.5 Å². The first-order chi connectivity index (χ1) is 11.1. The van der Waals surface area contributed by atoms with Crippen LogP contribution in [0, 0.1) is 11.8 Å². The molecular weight excluding hydrogens is 288 g/mol. The van der Waals surface area contributed by atoms with Gasteiger partial charge in [-0.25, -0.2) is 15.0 Å². The third kappa shape index (κ3) is 4.07. The number of pyridine rings is 1. The number of aromatic nitrogens is 3. The highest BCUT2D eigenvalue weighted by molar-refractivity contribution is 5.86. The lowest BCUT2D eigenvalue weighted by atomic mass is 9.92. The Balaban J connectivity index is 1.53. The quantitative estimate of drug-likeness (QED) is 0.825. The van der Waals surface area contributed by atoms with Gasteiger partial charge < -0.3 is 16.0 Å². The number of likely N-dealkylation sites (tertiary alicyclic amines) is 1. The number of piperidine rings is 1. The zero-order valence-corrected chi connectivity index (χ0v) is 14.0. The van der Waals surface area contributed by atoms with Crippen LogP contribution in [0.1, 0.15) is 26.7 Å². The Bertz CT molecular complexity index is 649. The third-order valence-corrected chi connectivity index (χ3v) is 4.41. The Morgan fingerprint density at radius 3 is 2.78 bits per heavy atom. The monoisotopic (exact) mass is 314 g/mol. The number of nitrogens with zero attached hydrogens (tertiary/aromatic N) is 4. The van der Waals surface area contributed by atoms with E-state index in [0.717, 1.165) is 42.6 Å². The van der Waals surface area contributed by atoms with E-state index in [9.17, 15) is 0 Å². The van der Waals surface area contributed by atoms with E-state index >= 15 is 0 Å². The second kappa shape index (κ2) is 7.08. The molecule has 2 aromatic heterocycles. The average Bonchev–Trinajstić information content (AvgIpc) is 2.50. The maximum Gasteiger partial charge on any atom is 0.166 e. The fraction of sp³-hybridized carbons (Fsp3) is 0.588. The van der Waals surface area contributed by atoms with Crippen LogP contribution in [0.4, 0.5) is 11.6 Å². The van der Waals surface area contributed by atoms with E-state index in [1.165, 1.54) is 25.8 Å². The van der Waals surface area contributed by atoms with Crippen molar-refractivity contribution in [1.82, 2.24) is 19.9 Å². The average molecular weight is 314 g/mol. The van der Waals surface area contributed by atoms with Crippen molar-refractivity contribution in [3.05, 3.63) is 18.5 Å². The van der Waals surface area contributed by atoms with Gasteiger partial charge in [0.2, 0.25) is 0 Å². The third-order valence-electron chi connectivity index (χ3n) is 4.41. The van der Waals surface area contributed by atoms with Crippen LogP contribution in [0.5, 0.6) is 0 Å². The zero-order valence-electron chi connectivity index (χ0n) is 14.0. The lowest BCUT2D eigenvalue weighted by Gasteiger charge is -2.34. The van der Waals surface area contributed by atoms with Gasteiger partial charge in [-0.15, -0.1) is 0 Å². The molecule has 0 bridgehead atoms. The van der Waals surface area contributed by atoms with Crippen molar-refractivity contribution in [2.24, 2.45) is 11.8 Å². The highest BCUT2D eigenvalue weighted by Gasteiger charge is 2.20. The molecule has 0 spiro atoms. The summed E-state index contributed by atoms with van der Waals surface area (Å²) in [6.45, 7) is 9.19. The fourth-order valence-corrected chi connectivity index (χ4v) is 3.58. The van der Waals surface area contributed by atoms with Gasteiger partial charge in [0, 0.05) is 19.6 Å². The van der Waals surface area contributed by atoms with E-state index in [-0.39, 0.29) is 0 Å². The largest absolute Gasteiger partial charge is 0.384 e. The van der Waals surface area contributed by atoms with Crippen LogP contribution in [0.25, 0.3) is 11.0 Å². The topological polar surface area (TPSA) is 80.0 Å². The standard InChI is InChI=1S/C17H26N6/c1-12-8-13(2)10-23(9-12)7-3-6-19-16-14-4-5-15(18)22-17(14)21-11-20-16/h4-5,11-13H,3,6-10H2,1-2H3,(H3,18,19,20,21,22). The van der Waals surface area contributed by atoms with Crippen molar-refractivity contribution in [2.45, 2.75) is 26.7 Å². The molecule has 124 valence electrons. The smallest absolute Gasteiger partial charge is 0.166 e. The zero-order chi connectivity index (χ0) is 16.2. The molecule has 2 atom stereocenters. The minimum absolute atomic E-state index is 0.482. The number of anilines is 2. The van der Waals surface area contributed by atoms with E-state index in [4.69, 9.17) is 5.73 Å². The summed E-state index contributed by atoms with van der Waals surface area (Å²) in [5.41, 5.74) is 6.34. The molecule has 1 fully saturated rings. The van der Waals surface area contributed by atoms with Crippen molar-refractivity contribution in [1.29, 1.82) is 0 Å². The van der Waals surface area contributed by atoms with Gasteiger partial charge in [0.1, 0.15) is 18.0 Å². The number of fused-ring (bicyclic) bond motifs is 1. The van der Waals surface area contributed by atoms with E-state index in [1.54, 1.807) is 6.07 Å². The maximum absolute atomic E-state index is 5.70. The molecular formula is C17H26N6. The van der Waals surface area contributed by atoms with Crippen LogP contribution in [-0.4, -0.2) is 46.0 Å². The van der Waals surface area contributed by atoms with Gasteiger partial charge in [0.25, 0.3) is 0 Å². The first-order valence-electron chi connectivity index (χ1n) is 8.45. The molecule has 3 N–H and O–H groups in total. The van der Waals surface area contributed by atoms with Crippen LogP contribution in [0.15, 0.2) is 18.5 Å². The molecule has 0 amide bonds. The van der Waals surface area contributed by atoms with Gasteiger partial charge in [0.05, 0.1) is 5.39 Å². The van der Waals surface area contributed by atoms with Crippen molar-refractivity contribution >= 4 is 22.7 Å². The Kier molecular flexibility index (Phi) is 4.91. The van der Waals surface area contributed by atoms with Crippen LogP contribution >= 0.6 is 0 Å². The molecule has 0 radical (unpaired) electrons. The summed E-state index contributed by atoms with van der Waals surface area (Å²) in [7, 11) is 0. The lowest BCUT2D eigenvalue weighted by molar-refractivity contribution is 0.141. The Labute approximate surface area is 137 Å². The van der Waals surface area contributed by atoms with Gasteiger partial charge in [-0.05, 0) is 43.4 Å². The molecule has 2 aromatic rings. The molecule has 3 heterocycles. The highest BCUT2D eigenvalue weighted by atomic mass is 15.1. The van der Waals surface area contributed by atoms with E-state index in [2.05, 4.69) is 39.0 Å². The number of nitrogen functional groups attached to an aromatic ring is 1. The molecule has 0 aliphatic carbocycles. The van der Waals surface area contributed by atoms with Crippen molar-refractivity contribution in [3.8, 4) is 0 Å². The summed E-state index contributed by atoms with van der Waals surface area (Å²) < 4.78 is 0. The second-order valence-electron chi connectivity index (χ2n) is 6.82. The van der Waals surface area contributed by atoms with Gasteiger partial charge in [-0.2, -0.15) is 0 Å². The fourth-order valence-electron chi connectivity index (χ4n) is 3.58. The summed E-state index contributed by atoms with van der Waals surface area (Å²) >= 11 is 0. The van der Waals surface area contributed by atoms with E-state index < -0.39 is 0 Å². The summed E-state index contributed by atoms with van der Waals surface area (Å²) in [6.07, 6.45) is 4.00. The minimum atomic E-state index is 0.482. The van der Waals surface area contributed by atoms with Crippen molar-refractivity contribution < 1.29 is 0 Å². The van der Waals surface area contributed by atoms with Gasteiger partial charge in [-0.3, -0.25) is 0 Å². The van der Waals surface area contributed by atoms with Crippen molar-refractivity contribution in [2.75, 3.05) is 37.2 Å². The van der Waals surface area contributed by atoms with Crippen LogP contribution in [0.3, 0.4) is 0 Å².